The monoisotopic (exact) mass is 341 g/mol. The Kier molecular flexibility index (Phi) is 4.41. The average Bonchev–Trinajstić information content (AvgIpc) is 3.17. The molecule has 126 valence electrons. The van der Waals surface area contributed by atoms with E-state index in [4.69, 9.17) is 14.6 Å². The molecular weight excluding hydrogens is 322 g/mol. The molecule has 1 aromatic rings. The first-order valence-electron chi connectivity index (χ1n) is 7.50. The largest absolute Gasteiger partial charge is 0.478 e. The minimum atomic E-state index is -3.72. The molecule has 0 bridgehead atoms. The van der Waals surface area contributed by atoms with Crippen LogP contribution < -0.4 is 0 Å². The SMILES string of the molecule is Cc1cc(C(=O)O)ccc1S(=O)(=O)N1CCCC1C1OCCO1. The van der Waals surface area contributed by atoms with E-state index in [1.165, 1.54) is 22.5 Å². The van der Waals surface area contributed by atoms with Gasteiger partial charge < -0.3 is 14.6 Å². The second kappa shape index (κ2) is 6.20. The summed E-state index contributed by atoms with van der Waals surface area (Å²) in [5, 5.41) is 9.01. The number of rotatable bonds is 4. The smallest absolute Gasteiger partial charge is 0.335 e. The van der Waals surface area contributed by atoms with E-state index >= 15 is 0 Å². The van der Waals surface area contributed by atoms with Crippen molar-refractivity contribution in [1.29, 1.82) is 0 Å². The van der Waals surface area contributed by atoms with Crippen molar-refractivity contribution in [2.24, 2.45) is 0 Å². The lowest BCUT2D eigenvalue weighted by molar-refractivity contribution is -0.0768. The van der Waals surface area contributed by atoms with Gasteiger partial charge in [-0.3, -0.25) is 0 Å². The Bertz CT molecular complexity index is 711. The highest BCUT2D eigenvalue weighted by Crippen LogP contribution is 2.32. The number of aromatic carboxylic acids is 1. The van der Waals surface area contributed by atoms with Gasteiger partial charge in [-0.15, -0.1) is 0 Å². The van der Waals surface area contributed by atoms with Gasteiger partial charge in [-0.1, -0.05) is 0 Å². The molecule has 2 aliphatic heterocycles. The number of ether oxygens (including phenoxy) is 2. The van der Waals surface area contributed by atoms with Gasteiger partial charge in [0.15, 0.2) is 6.29 Å². The van der Waals surface area contributed by atoms with Gasteiger partial charge in [0, 0.05) is 6.54 Å². The maximum atomic E-state index is 13.0. The Morgan fingerprint density at radius 2 is 2.00 bits per heavy atom. The molecule has 0 aliphatic carbocycles. The molecule has 2 fully saturated rings. The molecule has 23 heavy (non-hydrogen) atoms. The fraction of sp³-hybridized carbons (Fsp3) is 0.533. The zero-order chi connectivity index (χ0) is 16.6. The van der Waals surface area contributed by atoms with Gasteiger partial charge in [-0.25, -0.2) is 13.2 Å². The minimum Gasteiger partial charge on any atom is -0.478 e. The van der Waals surface area contributed by atoms with E-state index in [-0.39, 0.29) is 16.5 Å². The van der Waals surface area contributed by atoms with Gasteiger partial charge in [-0.2, -0.15) is 4.31 Å². The van der Waals surface area contributed by atoms with Crippen LogP contribution in [0.5, 0.6) is 0 Å². The van der Waals surface area contributed by atoms with Crippen molar-refractivity contribution in [3.63, 3.8) is 0 Å². The van der Waals surface area contributed by atoms with Gasteiger partial charge >= 0.3 is 5.97 Å². The summed E-state index contributed by atoms with van der Waals surface area (Å²) < 4.78 is 38.3. The molecule has 8 heteroatoms. The second-order valence-electron chi connectivity index (χ2n) is 5.72. The van der Waals surface area contributed by atoms with Crippen LogP contribution >= 0.6 is 0 Å². The maximum Gasteiger partial charge on any atom is 0.335 e. The van der Waals surface area contributed by atoms with Crippen molar-refractivity contribution < 1.29 is 27.8 Å². The summed E-state index contributed by atoms with van der Waals surface area (Å²) in [7, 11) is -3.72. The Morgan fingerprint density at radius 1 is 1.30 bits per heavy atom. The lowest BCUT2D eigenvalue weighted by Gasteiger charge is -2.27. The van der Waals surface area contributed by atoms with Crippen LogP contribution in [0.4, 0.5) is 0 Å². The van der Waals surface area contributed by atoms with Crippen molar-refractivity contribution in [1.82, 2.24) is 4.31 Å². The molecule has 7 nitrogen and oxygen atoms in total. The maximum absolute atomic E-state index is 13.0. The van der Waals surface area contributed by atoms with Crippen LogP contribution in [0.1, 0.15) is 28.8 Å². The zero-order valence-electron chi connectivity index (χ0n) is 12.8. The average molecular weight is 341 g/mol. The molecule has 2 saturated heterocycles. The van der Waals surface area contributed by atoms with E-state index < -0.39 is 22.3 Å². The molecule has 1 unspecified atom stereocenters. The van der Waals surface area contributed by atoms with Crippen LogP contribution in [-0.2, 0) is 19.5 Å². The quantitative estimate of drug-likeness (QED) is 0.885. The molecule has 2 heterocycles. The highest BCUT2D eigenvalue weighted by molar-refractivity contribution is 7.89. The number of benzene rings is 1. The first kappa shape index (κ1) is 16.4. The molecule has 3 rings (SSSR count). The number of hydrogen-bond acceptors (Lipinski definition) is 5. The molecule has 0 spiro atoms. The summed E-state index contributed by atoms with van der Waals surface area (Å²) >= 11 is 0. The molecular formula is C15H19NO6S. The first-order chi connectivity index (χ1) is 10.9. The summed E-state index contributed by atoms with van der Waals surface area (Å²) in [6.45, 7) is 2.96. The molecule has 0 aromatic heterocycles. The van der Waals surface area contributed by atoms with Gasteiger partial charge in [-0.05, 0) is 43.5 Å². The fourth-order valence-electron chi connectivity index (χ4n) is 3.13. The Morgan fingerprint density at radius 3 is 2.61 bits per heavy atom. The number of aryl methyl sites for hydroxylation is 1. The molecule has 0 saturated carbocycles. The van der Waals surface area contributed by atoms with E-state index in [0.717, 1.165) is 6.42 Å². The van der Waals surface area contributed by atoms with Crippen LogP contribution in [0.15, 0.2) is 23.1 Å². The third-order valence-electron chi connectivity index (χ3n) is 4.22. The summed E-state index contributed by atoms with van der Waals surface area (Å²) in [4.78, 5) is 11.1. The Hall–Kier alpha value is -1.48. The van der Waals surface area contributed by atoms with Gasteiger partial charge in [0.1, 0.15) is 0 Å². The Balaban J connectivity index is 1.92. The lowest BCUT2D eigenvalue weighted by atomic mass is 10.1. The van der Waals surface area contributed by atoms with Crippen molar-refractivity contribution >= 4 is 16.0 Å². The molecule has 2 aliphatic rings. The zero-order valence-corrected chi connectivity index (χ0v) is 13.6. The van der Waals surface area contributed by atoms with Crippen LogP contribution in [-0.4, -0.2) is 55.9 Å². The van der Waals surface area contributed by atoms with Gasteiger partial charge in [0.05, 0.1) is 29.7 Å². The van der Waals surface area contributed by atoms with E-state index in [1.807, 2.05) is 0 Å². The van der Waals surface area contributed by atoms with E-state index in [9.17, 15) is 13.2 Å². The van der Waals surface area contributed by atoms with Gasteiger partial charge in [0.2, 0.25) is 10.0 Å². The molecule has 1 atom stereocenters. The minimum absolute atomic E-state index is 0.0712. The number of carboxylic acid groups (broad SMARTS) is 1. The van der Waals surface area contributed by atoms with Crippen molar-refractivity contribution in [2.45, 2.75) is 37.0 Å². The van der Waals surface area contributed by atoms with Gasteiger partial charge in [0.25, 0.3) is 0 Å². The number of carboxylic acids is 1. The van der Waals surface area contributed by atoms with E-state index in [2.05, 4.69) is 0 Å². The summed E-state index contributed by atoms with van der Waals surface area (Å²) in [6, 6.07) is 3.72. The fourth-order valence-corrected chi connectivity index (χ4v) is 5.02. The summed E-state index contributed by atoms with van der Waals surface area (Å²) in [5.74, 6) is -1.08. The van der Waals surface area contributed by atoms with Crippen molar-refractivity contribution in [2.75, 3.05) is 19.8 Å². The topological polar surface area (TPSA) is 93.1 Å². The first-order valence-corrected chi connectivity index (χ1v) is 8.94. The summed E-state index contributed by atoms with van der Waals surface area (Å²) in [5.41, 5.74) is 0.491. The third-order valence-corrected chi connectivity index (χ3v) is 6.30. The highest BCUT2D eigenvalue weighted by Gasteiger charge is 2.42. The summed E-state index contributed by atoms with van der Waals surface area (Å²) in [6.07, 6.45) is 0.918. The number of nitrogens with zero attached hydrogens (tertiary/aromatic N) is 1. The third kappa shape index (κ3) is 2.99. The molecule has 1 N–H and O–H groups in total. The van der Waals surface area contributed by atoms with Crippen LogP contribution in [0.2, 0.25) is 0 Å². The molecule has 0 radical (unpaired) electrons. The second-order valence-corrected chi connectivity index (χ2v) is 7.58. The predicted octanol–water partition coefficient (Wildman–Crippen LogP) is 1.22. The predicted molar refractivity (Wildman–Crippen MR) is 80.7 cm³/mol. The standard InChI is InChI=1S/C15H19NO6S/c1-10-9-11(14(17)18)4-5-13(10)23(19,20)16-6-2-3-12(16)15-21-7-8-22-15/h4-5,9,12,15H,2-3,6-8H2,1H3,(H,17,18). The molecule has 0 amide bonds. The lowest BCUT2D eigenvalue weighted by Crippen LogP contribution is -2.43. The highest BCUT2D eigenvalue weighted by atomic mass is 32.2. The van der Waals surface area contributed by atoms with Crippen LogP contribution in [0, 0.1) is 6.92 Å². The Labute approximate surface area is 134 Å². The van der Waals surface area contributed by atoms with Crippen LogP contribution in [0.25, 0.3) is 0 Å². The van der Waals surface area contributed by atoms with Crippen LogP contribution in [0.3, 0.4) is 0 Å². The number of sulfonamides is 1. The number of hydrogen-bond donors (Lipinski definition) is 1. The van der Waals surface area contributed by atoms with Crippen molar-refractivity contribution in [3.8, 4) is 0 Å². The van der Waals surface area contributed by atoms with E-state index in [0.29, 0.717) is 31.7 Å². The van der Waals surface area contributed by atoms with Crippen molar-refractivity contribution in [3.05, 3.63) is 29.3 Å². The number of carbonyl (C=O) groups is 1. The van der Waals surface area contributed by atoms with E-state index in [1.54, 1.807) is 6.92 Å². The molecule has 1 aromatic carbocycles. The normalized spacial score (nSPS) is 23.4.